The number of hydrogen-bond acceptors (Lipinski definition) is 3. The Balaban J connectivity index is 2.86. The van der Waals surface area contributed by atoms with Crippen LogP contribution in [0.25, 0.3) is 0 Å². The molecule has 0 unspecified atom stereocenters. The number of unbranched alkanes of at least 4 members (excludes halogenated alkanes) is 1. The molecule has 0 atom stereocenters. The van der Waals surface area contributed by atoms with Crippen LogP contribution in [0.15, 0.2) is 11.5 Å². The van der Waals surface area contributed by atoms with Gasteiger partial charge in [-0.1, -0.05) is 19.4 Å². The Morgan fingerprint density at radius 1 is 1.42 bits per heavy atom. The summed E-state index contributed by atoms with van der Waals surface area (Å²) in [5.41, 5.74) is 0. The molecule has 0 aromatic rings. The molecule has 0 amide bonds. The second-order valence-corrected chi connectivity index (χ2v) is 3.40. The SMILES string of the molecule is CCCCOCCSC=CCO. The highest BCUT2D eigenvalue weighted by molar-refractivity contribution is 8.02. The molecule has 0 aliphatic heterocycles. The van der Waals surface area contributed by atoms with Crippen molar-refractivity contribution < 1.29 is 9.84 Å². The topological polar surface area (TPSA) is 29.5 Å². The molecular formula is C9H18O2S. The molecule has 0 fully saturated rings. The van der Waals surface area contributed by atoms with Crippen molar-refractivity contribution in [3.05, 3.63) is 11.5 Å². The summed E-state index contributed by atoms with van der Waals surface area (Å²) in [4.78, 5) is 0. The van der Waals surface area contributed by atoms with Crippen molar-refractivity contribution in [2.75, 3.05) is 25.6 Å². The summed E-state index contributed by atoms with van der Waals surface area (Å²) in [6.45, 7) is 3.97. The molecule has 1 N–H and O–H groups in total. The summed E-state index contributed by atoms with van der Waals surface area (Å²) in [6.07, 6.45) is 4.07. The maximum atomic E-state index is 8.41. The van der Waals surface area contributed by atoms with E-state index in [-0.39, 0.29) is 6.61 Å². The third kappa shape index (κ3) is 10.0. The van der Waals surface area contributed by atoms with Gasteiger partial charge in [-0.05, 0) is 11.8 Å². The first-order valence-electron chi connectivity index (χ1n) is 4.37. The van der Waals surface area contributed by atoms with Crippen molar-refractivity contribution in [1.29, 1.82) is 0 Å². The molecule has 0 radical (unpaired) electrons. The minimum atomic E-state index is 0.129. The normalized spacial score (nSPS) is 11.2. The van der Waals surface area contributed by atoms with Crippen molar-refractivity contribution >= 4 is 11.8 Å². The average molecular weight is 190 g/mol. The Morgan fingerprint density at radius 2 is 2.25 bits per heavy atom. The fourth-order valence-corrected chi connectivity index (χ4v) is 1.21. The van der Waals surface area contributed by atoms with Crippen molar-refractivity contribution in [3.63, 3.8) is 0 Å². The summed E-state index contributed by atoms with van der Waals surface area (Å²) >= 11 is 1.67. The molecule has 0 aromatic carbocycles. The van der Waals surface area contributed by atoms with E-state index < -0.39 is 0 Å². The largest absolute Gasteiger partial charge is 0.392 e. The molecule has 0 aliphatic carbocycles. The first-order valence-corrected chi connectivity index (χ1v) is 5.42. The maximum absolute atomic E-state index is 8.41. The predicted molar refractivity (Wildman–Crippen MR) is 54.4 cm³/mol. The van der Waals surface area contributed by atoms with Crippen LogP contribution < -0.4 is 0 Å². The van der Waals surface area contributed by atoms with Crippen LogP contribution in [0.3, 0.4) is 0 Å². The van der Waals surface area contributed by atoms with Crippen LogP contribution in [0.1, 0.15) is 19.8 Å². The first kappa shape index (κ1) is 12.0. The number of aliphatic hydroxyl groups is 1. The van der Waals surface area contributed by atoms with E-state index >= 15 is 0 Å². The molecule has 0 saturated carbocycles. The minimum Gasteiger partial charge on any atom is -0.392 e. The van der Waals surface area contributed by atoms with Gasteiger partial charge in [0.1, 0.15) is 0 Å². The van der Waals surface area contributed by atoms with Crippen LogP contribution in [-0.2, 0) is 4.74 Å². The fourth-order valence-electron chi connectivity index (χ4n) is 0.635. The molecule has 0 aromatic heterocycles. The van der Waals surface area contributed by atoms with Gasteiger partial charge in [-0.15, -0.1) is 11.8 Å². The molecule has 3 heteroatoms. The highest BCUT2D eigenvalue weighted by Gasteiger charge is 1.86. The average Bonchev–Trinajstić information content (AvgIpc) is 2.10. The summed E-state index contributed by atoms with van der Waals surface area (Å²) in [6, 6.07) is 0. The van der Waals surface area contributed by atoms with Crippen LogP contribution >= 0.6 is 11.8 Å². The standard InChI is InChI=1S/C9H18O2S/c1-2-3-6-11-7-9-12-8-4-5-10/h4,8,10H,2-3,5-7,9H2,1H3. The van der Waals surface area contributed by atoms with E-state index in [1.807, 2.05) is 5.41 Å². The van der Waals surface area contributed by atoms with E-state index in [2.05, 4.69) is 6.92 Å². The molecule has 0 bridgehead atoms. The third-order valence-corrected chi connectivity index (χ3v) is 2.07. The smallest absolute Gasteiger partial charge is 0.0620 e. The highest BCUT2D eigenvalue weighted by atomic mass is 32.2. The van der Waals surface area contributed by atoms with E-state index in [0.29, 0.717) is 0 Å². The van der Waals surface area contributed by atoms with Gasteiger partial charge in [0.25, 0.3) is 0 Å². The first-order chi connectivity index (χ1) is 5.91. The van der Waals surface area contributed by atoms with Gasteiger partial charge in [-0.3, -0.25) is 0 Å². The Labute approximate surface area is 79.0 Å². The molecule has 0 heterocycles. The quantitative estimate of drug-likeness (QED) is 0.594. The molecule has 72 valence electrons. The van der Waals surface area contributed by atoms with Crippen molar-refractivity contribution in [2.24, 2.45) is 0 Å². The minimum absolute atomic E-state index is 0.129. The van der Waals surface area contributed by atoms with Gasteiger partial charge in [0.05, 0.1) is 13.2 Å². The molecule has 0 saturated heterocycles. The molecule has 2 nitrogen and oxygen atoms in total. The van der Waals surface area contributed by atoms with E-state index in [1.165, 1.54) is 6.42 Å². The summed E-state index contributed by atoms with van der Waals surface area (Å²) in [7, 11) is 0. The van der Waals surface area contributed by atoms with Crippen LogP contribution in [0.2, 0.25) is 0 Å². The summed E-state index contributed by atoms with van der Waals surface area (Å²) in [5, 5.41) is 10.3. The van der Waals surface area contributed by atoms with Gasteiger partial charge in [-0.25, -0.2) is 0 Å². The lowest BCUT2D eigenvalue weighted by molar-refractivity contribution is 0.147. The number of rotatable bonds is 8. The zero-order chi connectivity index (χ0) is 9.07. The monoisotopic (exact) mass is 190 g/mol. The van der Waals surface area contributed by atoms with Gasteiger partial charge in [0.2, 0.25) is 0 Å². The van der Waals surface area contributed by atoms with Gasteiger partial charge < -0.3 is 9.84 Å². The van der Waals surface area contributed by atoms with Gasteiger partial charge >= 0.3 is 0 Å². The zero-order valence-corrected chi connectivity index (χ0v) is 8.48. The molecule has 0 rings (SSSR count). The van der Waals surface area contributed by atoms with Crippen LogP contribution in [0.5, 0.6) is 0 Å². The lowest BCUT2D eigenvalue weighted by atomic mass is 10.4. The predicted octanol–water partition coefficient (Wildman–Crippen LogP) is 2.04. The zero-order valence-electron chi connectivity index (χ0n) is 7.66. The number of thioether (sulfide) groups is 1. The molecule has 0 spiro atoms. The van der Waals surface area contributed by atoms with Crippen molar-refractivity contribution in [2.45, 2.75) is 19.8 Å². The van der Waals surface area contributed by atoms with E-state index in [0.717, 1.165) is 25.4 Å². The summed E-state index contributed by atoms with van der Waals surface area (Å²) in [5.74, 6) is 0.972. The Morgan fingerprint density at radius 3 is 2.92 bits per heavy atom. The van der Waals surface area contributed by atoms with Gasteiger partial charge in [-0.2, -0.15) is 0 Å². The fraction of sp³-hybridized carbons (Fsp3) is 0.778. The number of ether oxygens (including phenoxy) is 1. The molecular weight excluding hydrogens is 172 g/mol. The molecule has 0 aliphatic rings. The number of hydrogen-bond donors (Lipinski definition) is 1. The highest BCUT2D eigenvalue weighted by Crippen LogP contribution is 2.01. The number of aliphatic hydroxyl groups excluding tert-OH is 1. The second kappa shape index (κ2) is 11.0. The Bertz CT molecular complexity index is 105. The van der Waals surface area contributed by atoms with Crippen LogP contribution in [0, 0.1) is 0 Å². The van der Waals surface area contributed by atoms with E-state index in [4.69, 9.17) is 9.84 Å². The summed E-state index contributed by atoms with van der Waals surface area (Å²) < 4.78 is 5.34. The lowest BCUT2D eigenvalue weighted by Crippen LogP contribution is -1.97. The third-order valence-electron chi connectivity index (χ3n) is 1.29. The van der Waals surface area contributed by atoms with Gasteiger partial charge in [0.15, 0.2) is 0 Å². The molecule has 12 heavy (non-hydrogen) atoms. The van der Waals surface area contributed by atoms with Crippen LogP contribution in [0.4, 0.5) is 0 Å². The Kier molecular flexibility index (Phi) is 11.0. The van der Waals surface area contributed by atoms with Crippen LogP contribution in [-0.4, -0.2) is 30.7 Å². The van der Waals surface area contributed by atoms with Crippen molar-refractivity contribution in [3.8, 4) is 0 Å². The van der Waals surface area contributed by atoms with Crippen molar-refractivity contribution in [1.82, 2.24) is 0 Å². The Hall–Kier alpha value is 0.01000. The van der Waals surface area contributed by atoms with E-state index in [1.54, 1.807) is 17.8 Å². The van der Waals surface area contributed by atoms with E-state index in [9.17, 15) is 0 Å². The lowest BCUT2D eigenvalue weighted by Gasteiger charge is -2.00. The maximum Gasteiger partial charge on any atom is 0.0620 e. The van der Waals surface area contributed by atoms with Gasteiger partial charge in [0, 0.05) is 12.4 Å². The second-order valence-electron chi connectivity index (χ2n) is 2.39.